The fourth-order valence-corrected chi connectivity index (χ4v) is 2.65. The predicted molar refractivity (Wildman–Crippen MR) is 95.9 cm³/mol. The second kappa shape index (κ2) is 6.28. The number of rotatable bonds is 5. The molecule has 0 saturated heterocycles. The predicted octanol–water partition coefficient (Wildman–Crippen LogP) is 1.45. The van der Waals surface area contributed by atoms with Gasteiger partial charge in [-0.1, -0.05) is 12.1 Å². The second-order valence-corrected chi connectivity index (χ2v) is 5.87. The van der Waals surface area contributed by atoms with Gasteiger partial charge in [0.2, 0.25) is 11.9 Å². The minimum absolute atomic E-state index is 0.456. The van der Waals surface area contributed by atoms with Crippen molar-refractivity contribution in [1.29, 1.82) is 0 Å². The van der Waals surface area contributed by atoms with Crippen molar-refractivity contribution in [2.75, 3.05) is 5.32 Å². The Hall–Kier alpha value is -3.75. The number of hydrogen-bond donors (Lipinski definition) is 2. The summed E-state index contributed by atoms with van der Waals surface area (Å²) in [5.74, 6) is 0.000548. The third-order valence-corrected chi connectivity index (χ3v) is 3.88. The summed E-state index contributed by atoms with van der Waals surface area (Å²) in [7, 11) is 1.84. The van der Waals surface area contributed by atoms with E-state index >= 15 is 0 Å². The number of nitrogens with zero attached hydrogens (tertiary/aromatic N) is 6. The number of nitrogens with one attached hydrogen (secondary N) is 1. The van der Waals surface area contributed by atoms with E-state index in [2.05, 4.69) is 25.5 Å². The number of amides is 1. The van der Waals surface area contributed by atoms with Crippen LogP contribution in [0, 0.1) is 0 Å². The number of anilines is 2. The van der Waals surface area contributed by atoms with Gasteiger partial charge in [-0.05, 0) is 17.7 Å². The van der Waals surface area contributed by atoms with Gasteiger partial charge in [0, 0.05) is 25.0 Å². The molecule has 4 rings (SSSR count). The lowest BCUT2D eigenvalue weighted by Crippen LogP contribution is -2.11. The van der Waals surface area contributed by atoms with Crippen LogP contribution in [0.3, 0.4) is 0 Å². The molecule has 0 radical (unpaired) electrons. The van der Waals surface area contributed by atoms with Gasteiger partial charge in [0.05, 0.1) is 30.0 Å². The van der Waals surface area contributed by atoms with E-state index in [1.54, 1.807) is 46.2 Å². The van der Waals surface area contributed by atoms with Crippen molar-refractivity contribution >= 4 is 28.6 Å². The molecule has 0 aliphatic carbocycles. The van der Waals surface area contributed by atoms with Gasteiger partial charge in [0.15, 0.2) is 5.65 Å². The van der Waals surface area contributed by atoms with E-state index in [1.165, 1.54) is 0 Å². The van der Waals surface area contributed by atoms with Gasteiger partial charge in [-0.15, -0.1) is 0 Å². The van der Waals surface area contributed by atoms with Crippen molar-refractivity contribution in [3.05, 3.63) is 60.2 Å². The number of hydrogen-bond acceptors (Lipinski definition) is 6. The molecule has 0 saturated carbocycles. The normalized spacial score (nSPS) is 11.0. The van der Waals surface area contributed by atoms with E-state index in [0.717, 1.165) is 16.6 Å². The molecule has 0 aliphatic rings. The molecule has 0 spiro atoms. The van der Waals surface area contributed by atoms with Gasteiger partial charge in [-0.3, -0.25) is 9.48 Å². The van der Waals surface area contributed by atoms with Crippen LogP contribution in [0.25, 0.3) is 11.0 Å². The van der Waals surface area contributed by atoms with Crippen LogP contribution < -0.4 is 11.1 Å². The first-order chi connectivity index (χ1) is 12.6. The van der Waals surface area contributed by atoms with Crippen LogP contribution in [0.15, 0.2) is 49.1 Å². The Morgan fingerprint density at radius 2 is 2.12 bits per heavy atom. The highest BCUT2D eigenvalue weighted by Gasteiger charge is 2.09. The third-order valence-electron chi connectivity index (χ3n) is 3.88. The first-order valence-electron chi connectivity index (χ1n) is 7.91. The Morgan fingerprint density at radius 1 is 1.23 bits per heavy atom. The number of primary amides is 1. The zero-order valence-corrected chi connectivity index (χ0v) is 14.0. The summed E-state index contributed by atoms with van der Waals surface area (Å²) < 4.78 is 3.45. The molecule has 3 aromatic heterocycles. The summed E-state index contributed by atoms with van der Waals surface area (Å²) >= 11 is 0. The number of carbonyl (C=O) groups is 1. The minimum Gasteiger partial charge on any atom is -0.366 e. The molecular formula is C17H16N8O. The van der Waals surface area contributed by atoms with Crippen LogP contribution >= 0.6 is 0 Å². The minimum atomic E-state index is -0.456. The van der Waals surface area contributed by atoms with Crippen LogP contribution in [-0.2, 0) is 13.6 Å². The molecule has 0 atom stereocenters. The number of carbonyl (C=O) groups excluding carboxylic acids is 1. The maximum Gasteiger partial charge on any atom is 0.248 e. The van der Waals surface area contributed by atoms with E-state index in [0.29, 0.717) is 23.7 Å². The summed E-state index contributed by atoms with van der Waals surface area (Å²) in [6, 6.07) is 7.15. The molecule has 0 bridgehead atoms. The summed E-state index contributed by atoms with van der Waals surface area (Å²) in [6.07, 6.45) is 6.95. The molecule has 0 unspecified atom stereocenters. The Kier molecular flexibility index (Phi) is 3.81. The third kappa shape index (κ3) is 3.09. The quantitative estimate of drug-likeness (QED) is 0.564. The molecule has 3 N–H and O–H groups in total. The SMILES string of the molecule is Cn1cc(Nc2ncc3cnn(Cc4cccc(C(N)=O)c4)c3n2)cn1. The monoisotopic (exact) mass is 348 g/mol. The number of benzene rings is 1. The lowest BCUT2D eigenvalue weighted by Gasteiger charge is -2.06. The van der Waals surface area contributed by atoms with Crippen LogP contribution in [0.1, 0.15) is 15.9 Å². The van der Waals surface area contributed by atoms with Gasteiger partial charge in [-0.2, -0.15) is 15.2 Å². The molecule has 3 heterocycles. The summed E-state index contributed by atoms with van der Waals surface area (Å²) in [6.45, 7) is 0.466. The van der Waals surface area contributed by atoms with E-state index in [1.807, 2.05) is 19.3 Å². The number of fused-ring (bicyclic) bond motifs is 1. The number of nitrogens with two attached hydrogens (primary N) is 1. The Bertz CT molecular complexity index is 1100. The standard InChI is InChI=1S/C17H16N8O/c1-24-10-14(8-20-24)22-17-19-6-13-7-21-25(16(13)23-17)9-11-3-2-4-12(5-11)15(18)26/h2-8,10H,9H2,1H3,(H2,18,26)(H,19,22,23). The molecule has 1 amide bonds. The van der Waals surface area contributed by atoms with Crippen LogP contribution in [0.5, 0.6) is 0 Å². The fourth-order valence-electron chi connectivity index (χ4n) is 2.65. The zero-order valence-electron chi connectivity index (χ0n) is 14.0. The van der Waals surface area contributed by atoms with Crippen LogP contribution in [-0.4, -0.2) is 35.4 Å². The van der Waals surface area contributed by atoms with E-state index < -0.39 is 5.91 Å². The fraction of sp³-hybridized carbons (Fsp3) is 0.118. The van der Waals surface area contributed by atoms with E-state index in [9.17, 15) is 4.79 Å². The lowest BCUT2D eigenvalue weighted by molar-refractivity contribution is 0.1000. The topological polar surface area (TPSA) is 117 Å². The van der Waals surface area contributed by atoms with Gasteiger partial charge in [0.25, 0.3) is 0 Å². The zero-order chi connectivity index (χ0) is 18.1. The molecule has 4 aromatic rings. The Labute approximate surface area is 148 Å². The van der Waals surface area contributed by atoms with Gasteiger partial charge in [0.1, 0.15) is 0 Å². The molecule has 130 valence electrons. The lowest BCUT2D eigenvalue weighted by atomic mass is 10.1. The highest BCUT2D eigenvalue weighted by atomic mass is 16.1. The average Bonchev–Trinajstić information content (AvgIpc) is 3.21. The average molecular weight is 348 g/mol. The number of aromatic nitrogens is 6. The Balaban J connectivity index is 1.64. The van der Waals surface area contributed by atoms with Crippen molar-refractivity contribution in [2.24, 2.45) is 12.8 Å². The molecule has 1 aromatic carbocycles. The first kappa shape index (κ1) is 15.8. The van der Waals surface area contributed by atoms with E-state index in [-0.39, 0.29) is 0 Å². The second-order valence-electron chi connectivity index (χ2n) is 5.87. The van der Waals surface area contributed by atoms with E-state index in [4.69, 9.17) is 5.73 Å². The largest absolute Gasteiger partial charge is 0.366 e. The van der Waals surface area contributed by atoms with Gasteiger partial charge >= 0.3 is 0 Å². The highest BCUT2D eigenvalue weighted by molar-refractivity contribution is 5.92. The highest BCUT2D eigenvalue weighted by Crippen LogP contribution is 2.17. The van der Waals surface area contributed by atoms with Crippen molar-refractivity contribution in [1.82, 2.24) is 29.5 Å². The smallest absolute Gasteiger partial charge is 0.248 e. The van der Waals surface area contributed by atoms with Gasteiger partial charge in [-0.25, -0.2) is 9.67 Å². The molecule has 26 heavy (non-hydrogen) atoms. The summed E-state index contributed by atoms with van der Waals surface area (Å²) in [5.41, 5.74) is 8.21. The first-order valence-corrected chi connectivity index (χ1v) is 7.91. The maximum absolute atomic E-state index is 11.4. The Morgan fingerprint density at radius 3 is 2.88 bits per heavy atom. The molecule has 0 fully saturated rings. The summed E-state index contributed by atoms with van der Waals surface area (Å²) in [5, 5.41) is 12.4. The number of aryl methyl sites for hydroxylation is 1. The van der Waals surface area contributed by atoms with Crippen molar-refractivity contribution in [3.63, 3.8) is 0 Å². The van der Waals surface area contributed by atoms with Crippen molar-refractivity contribution in [3.8, 4) is 0 Å². The molecular weight excluding hydrogens is 332 g/mol. The van der Waals surface area contributed by atoms with Gasteiger partial charge < -0.3 is 11.1 Å². The van der Waals surface area contributed by atoms with Crippen molar-refractivity contribution in [2.45, 2.75) is 6.54 Å². The molecule has 9 nitrogen and oxygen atoms in total. The summed E-state index contributed by atoms with van der Waals surface area (Å²) in [4.78, 5) is 20.2. The van der Waals surface area contributed by atoms with Crippen LogP contribution in [0.4, 0.5) is 11.6 Å². The van der Waals surface area contributed by atoms with Crippen molar-refractivity contribution < 1.29 is 4.79 Å². The molecule has 9 heteroatoms. The molecule has 0 aliphatic heterocycles. The van der Waals surface area contributed by atoms with Crippen LogP contribution in [0.2, 0.25) is 0 Å². The maximum atomic E-state index is 11.4.